The van der Waals surface area contributed by atoms with Gasteiger partial charge in [0.05, 0.1) is 17.8 Å². The minimum atomic E-state index is -4.08. The van der Waals surface area contributed by atoms with Gasteiger partial charge in [-0.3, -0.25) is 5.10 Å². The molecule has 0 bridgehead atoms. The van der Waals surface area contributed by atoms with Crippen LogP contribution in [-0.2, 0) is 6.54 Å². The second kappa shape index (κ2) is 6.74. The molecule has 1 aromatic carbocycles. The van der Waals surface area contributed by atoms with Crippen LogP contribution in [-0.4, -0.2) is 22.4 Å². The van der Waals surface area contributed by atoms with Crippen LogP contribution in [0.15, 0.2) is 36.5 Å². The summed E-state index contributed by atoms with van der Waals surface area (Å²) in [5.41, 5.74) is 2.95. The topological polar surface area (TPSA) is 40.7 Å². The van der Waals surface area contributed by atoms with Crippen molar-refractivity contribution in [3.05, 3.63) is 42.2 Å². The third-order valence-electron chi connectivity index (χ3n) is 4.51. The van der Waals surface area contributed by atoms with Gasteiger partial charge in [-0.05, 0) is 24.8 Å². The lowest BCUT2D eigenvalue weighted by atomic mass is 9.85. The molecule has 2 atom stereocenters. The molecule has 1 aromatic heterocycles. The van der Waals surface area contributed by atoms with Crippen molar-refractivity contribution in [1.82, 2.24) is 15.5 Å². The van der Waals surface area contributed by atoms with E-state index in [-0.39, 0.29) is 18.9 Å². The number of hydrogen-bond acceptors (Lipinski definition) is 2. The van der Waals surface area contributed by atoms with Crippen LogP contribution in [0.25, 0.3) is 11.1 Å². The van der Waals surface area contributed by atoms with Gasteiger partial charge in [-0.2, -0.15) is 18.3 Å². The number of halogens is 3. The number of alkyl halides is 3. The van der Waals surface area contributed by atoms with Gasteiger partial charge in [0.1, 0.15) is 0 Å². The fourth-order valence-electron chi connectivity index (χ4n) is 3.23. The van der Waals surface area contributed by atoms with Crippen molar-refractivity contribution in [2.45, 2.75) is 44.4 Å². The molecule has 1 aliphatic rings. The molecule has 0 aliphatic heterocycles. The lowest BCUT2D eigenvalue weighted by Gasteiger charge is -2.31. The lowest BCUT2D eigenvalue weighted by molar-refractivity contribution is -0.183. The Kier molecular flexibility index (Phi) is 4.71. The fourth-order valence-corrected chi connectivity index (χ4v) is 3.23. The number of hydrogen-bond donors (Lipinski definition) is 2. The minimum Gasteiger partial charge on any atom is -0.308 e. The van der Waals surface area contributed by atoms with Crippen LogP contribution in [0.2, 0.25) is 0 Å². The number of rotatable bonds is 4. The molecule has 23 heavy (non-hydrogen) atoms. The minimum absolute atomic E-state index is 0.0951. The molecule has 6 heteroatoms. The normalized spacial score (nSPS) is 22.2. The second-order valence-electron chi connectivity index (χ2n) is 6.11. The smallest absolute Gasteiger partial charge is 0.308 e. The quantitative estimate of drug-likeness (QED) is 0.881. The number of nitrogens with one attached hydrogen (secondary N) is 2. The Labute approximate surface area is 133 Å². The highest BCUT2D eigenvalue weighted by Crippen LogP contribution is 2.37. The fraction of sp³-hybridized carbons (Fsp3) is 0.471. The maximum absolute atomic E-state index is 12.9. The summed E-state index contributed by atoms with van der Waals surface area (Å²) in [7, 11) is 0. The van der Waals surface area contributed by atoms with Gasteiger partial charge < -0.3 is 5.32 Å². The molecule has 1 saturated carbocycles. The molecular formula is C17H20F3N3. The number of benzene rings is 1. The van der Waals surface area contributed by atoms with E-state index >= 15 is 0 Å². The Balaban J connectivity index is 1.62. The maximum Gasteiger partial charge on any atom is 0.391 e. The zero-order chi connectivity index (χ0) is 16.3. The van der Waals surface area contributed by atoms with E-state index < -0.39 is 12.1 Å². The van der Waals surface area contributed by atoms with Gasteiger partial charge in [-0.25, -0.2) is 0 Å². The summed E-state index contributed by atoms with van der Waals surface area (Å²) in [4.78, 5) is 0. The van der Waals surface area contributed by atoms with Crippen LogP contribution < -0.4 is 5.32 Å². The number of aromatic amines is 1. The summed E-state index contributed by atoms with van der Waals surface area (Å²) in [5, 5.41) is 10.3. The van der Waals surface area contributed by atoms with Gasteiger partial charge in [0.2, 0.25) is 0 Å². The molecule has 0 spiro atoms. The van der Waals surface area contributed by atoms with Gasteiger partial charge in [0.15, 0.2) is 0 Å². The molecule has 3 nitrogen and oxygen atoms in total. The number of nitrogens with zero attached hydrogens (tertiary/aromatic N) is 1. The van der Waals surface area contributed by atoms with E-state index in [9.17, 15) is 13.2 Å². The highest BCUT2D eigenvalue weighted by molar-refractivity contribution is 5.64. The van der Waals surface area contributed by atoms with Crippen LogP contribution in [0.4, 0.5) is 13.2 Å². The Hall–Kier alpha value is -1.82. The zero-order valence-corrected chi connectivity index (χ0v) is 12.7. The van der Waals surface area contributed by atoms with E-state index in [4.69, 9.17) is 0 Å². The van der Waals surface area contributed by atoms with E-state index in [1.807, 2.05) is 30.3 Å². The number of aromatic nitrogens is 2. The van der Waals surface area contributed by atoms with Crippen molar-refractivity contribution in [2.75, 3.05) is 0 Å². The van der Waals surface area contributed by atoms with Crippen LogP contribution in [0, 0.1) is 5.92 Å². The molecule has 0 radical (unpaired) electrons. The highest BCUT2D eigenvalue weighted by Gasteiger charge is 2.42. The molecule has 2 aromatic rings. The molecular weight excluding hydrogens is 303 g/mol. The summed E-state index contributed by atoms with van der Waals surface area (Å²) < 4.78 is 38.6. The largest absolute Gasteiger partial charge is 0.391 e. The van der Waals surface area contributed by atoms with Crippen molar-refractivity contribution in [2.24, 2.45) is 5.92 Å². The molecule has 2 N–H and O–H groups in total. The molecule has 0 saturated heterocycles. The summed E-state index contributed by atoms with van der Waals surface area (Å²) in [6.07, 6.45) is -0.494. The second-order valence-corrected chi connectivity index (χ2v) is 6.11. The van der Waals surface area contributed by atoms with Crippen molar-refractivity contribution in [3.8, 4) is 11.1 Å². The van der Waals surface area contributed by atoms with Crippen LogP contribution in [0.3, 0.4) is 0 Å². The predicted octanol–water partition coefficient (Wildman–Crippen LogP) is 4.29. The first kappa shape index (κ1) is 16.1. The molecule has 124 valence electrons. The maximum atomic E-state index is 12.9. The van der Waals surface area contributed by atoms with Crippen molar-refractivity contribution in [1.29, 1.82) is 0 Å². The third kappa shape index (κ3) is 3.93. The Morgan fingerprint density at radius 1 is 1.17 bits per heavy atom. The average molecular weight is 323 g/mol. The van der Waals surface area contributed by atoms with E-state index in [0.717, 1.165) is 23.2 Å². The Morgan fingerprint density at radius 3 is 2.70 bits per heavy atom. The molecule has 1 aliphatic carbocycles. The average Bonchev–Trinajstić information content (AvgIpc) is 3.02. The van der Waals surface area contributed by atoms with E-state index in [0.29, 0.717) is 13.0 Å². The van der Waals surface area contributed by atoms with Crippen molar-refractivity contribution >= 4 is 0 Å². The monoisotopic (exact) mass is 323 g/mol. The Morgan fingerprint density at radius 2 is 1.96 bits per heavy atom. The van der Waals surface area contributed by atoms with Crippen LogP contribution in [0.1, 0.15) is 31.4 Å². The zero-order valence-electron chi connectivity index (χ0n) is 12.7. The predicted molar refractivity (Wildman–Crippen MR) is 82.7 cm³/mol. The lowest BCUT2D eigenvalue weighted by Crippen LogP contribution is -2.38. The summed E-state index contributed by atoms with van der Waals surface area (Å²) in [5.74, 6) is -1.18. The summed E-state index contributed by atoms with van der Waals surface area (Å²) in [6, 6.07) is 9.75. The van der Waals surface area contributed by atoms with Crippen LogP contribution in [0.5, 0.6) is 0 Å². The summed E-state index contributed by atoms with van der Waals surface area (Å²) >= 11 is 0. The first-order valence-electron chi connectivity index (χ1n) is 7.92. The van der Waals surface area contributed by atoms with E-state index in [1.54, 1.807) is 6.20 Å². The van der Waals surface area contributed by atoms with Crippen molar-refractivity contribution in [3.63, 3.8) is 0 Å². The SMILES string of the molecule is FC(F)(F)[C@@H]1CCC[C@H](NCc2[nH]ncc2-c2ccccc2)C1. The first-order valence-corrected chi connectivity index (χ1v) is 7.92. The molecule has 3 rings (SSSR count). The van der Waals surface area contributed by atoms with Crippen molar-refractivity contribution < 1.29 is 13.2 Å². The highest BCUT2D eigenvalue weighted by atomic mass is 19.4. The molecule has 0 unspecified atom stereocenters. The number of H-pyrrole nitrogens is 1. The first-order chi connectivity index (χ1) is 11.0. The van der Waals surface area contributed by atoms with Crippen LogP contribution >= 0.6 is 0 Å². The Bertz CT molecular complexity index is 622. The van der Waals surface area contributed by atoms with Gasteiger partial charge in [-0.15, -0.1) is 0 Å². The third-order valence-corrected chi connectivity index (χ3v) is 4.51. The van der Waals surface area contributed by atoms with Gasteiger partial charge in [-0.1, -0.05) is 36.8 Å². The van der Waals surface area contributed by atoms with E-state index in [2.05, 4.69) is 15.5 Å². The molecule has 0 amide bonds. The molecule has 1 fully saturated rings. The van der Waals surface area contributed by atoms with Gasteiger partial charge in [0, 0.05) is 18.2 Å². The molecule has 1 heterocycles. The standard InChI is InChI=1S/C17H20F3N3/c18-17(19,20)13-7-4-8-14(9-13)21-11-16-15(10-22-23-16)12-5-2-1-3-6-12/h1-3,5-6,10,13-14,21H,4,7-9,11H2,(H,22,23)/t13-,14+/m1/s1. The van der Waals surface area contributed by atoms with E-state index in [1.165, 1.54) is 0 Å². The summed E-state index contributed by atoms with van der Waals surface area (Å²) in [6.45, 7) is 0.499. The van der Waals surface area contributed by atoms with Gasteiger partial charge in [0.25, 0.3) is 0 Å². The van der Waals surface area contributed by atoms with Gasteiger partial charge >= 0.3 is 6.18 Å².